The van der Waals surface area contributed by atoms with Gasteiger partial charge in [-0.2, -0.15) is 0 Å². The first kappa shape index (κ1) is 5.22. The summed E-state index contributed by atoms with van der Waals surface area (Å²) in [6.45, 7) is 0. The van der Waals surface area contributed by atoms with Crippen molar-refractivity contribution in [1.29, 1.82) is 0 Å². The number of aromatic amines is 2. The molecule has 2 N–H and O–H groups in total. The molecule has 0 fully saturated rings. The molecule has 0 aromatic carbocycles. The van der Waals surface area contributed by atoms with E-state index in [2.05, 4.69) is 19.9 Å². The summed E-state index contributed by atoms with van der Waals surface area (Å²) in [4.78, 5) is 13.9. The molecule has 0 saturated heterocycles. The lowest BCUT2D eigenvalue weighted by atomic mass is 10.6. The summed E-state index contributed by atoms with van der Waals surface area (Å²) in [5, 5.41) is 0. The third kappa shape index (κ3) is 0.699. The van der Waals surface area contributed by atoms with Crippen molar-refractivity contribution in [1.82, 2.24) is 19.9 Å². The molecular formula is C6H7N4+. The molecule has 2 aromatic rings. The summed E-state index contributed by atoms with van der Waals surface area (Å²) in [6.07, 6.45) is 6.91. The lowest BCUT2D eigenvalue weighted by Crippen LogP contribution is -1.80. The Morgan fingerprint density at radius 1 is 1.00 bits per heavy atom. The largest absolute Gasteiger partial charge is 1.00 e. The molecule has 0 bridgehead atoms. The molecule has 2 heterocycles. The standard InChI is InChI=1S/C6H6N4/c1-2-8-5(7-1)6-9-3-4-10-6/h1-4H,(H,7,8)(H,9,10)/p+1. The zero-order valence-electron chi connectivity index (χ0n) is 6.20. The van der Waals surface area contributed by atoms with E-state index in [0.29, 0.717) is 0 Å². The maximum absolute atomic E-state index is 4.01. The van der Waals surface area contributed by atoms with Crippen LogP contribution in [0.5, 0.6) is 0 Å². The molecule has 0 amide bonds. The molecule has 0 radical (unpaired) electrons. The molecule has 4 nitrogen and oxygen atoms in total. The highest BCUT2D eigenvalue weighted by molar-refractivity contribution is 5.41. The van der Waals surface area contributed by atoms with Gasteiger partial charge in [0.2, 0.25) is 0 Å². The van der Waals surface area contributed by atoms with Crippen LogP contribution < -0.4 is 0 Å². The zero-order valence-corrected chi connectivity index (χ0v) is 5.20. The lowest BCUT2D eigenvalue weighted by Gasteiger charge is -1.85. The maximum atomic E-state index is 4.01. The number of nitrogens with zero attached hydrogens (tertiary/aromatic N) is 2. The first-order chi connectivity index (χ1) is 4.97. The Labute approximate surface area is 58.8 Å². The van der Waals surface area contributed by atoms with E-state index in [-0.39, 0.29) is 1.43 Å². The Morgan fingerprint density at radius 2 is 1.50 bits per heavy atom. The van der Waals surface area contributed by atoms with Gasteiger partial charge in [-0.15, -0.1) is 0 Å². The van der Waals surface area contributed by atoms with Gasteiger partial charge < -0.3 is 9.97 Å². The minimum atomic E-state index is 0. The molecule has 4 heteroatoms. The number of rotatable bonds is 1. The van der Waals surface area contributed by atoms with Crippen LogP contribution in [0, 0.1) is 0 Å². The summed E-state index contributed by atoms with van der Waals surface area (Å²) < 4.78 is 0. The second-order valence-corrected chi connectivity index (χ2v) is 1.88. The summed E-state index contributed by atoms with van der Waals surface area (Å²) in [5.74, 6) is 1.54. The highest BCUT2D eigenvalue weighted by Crippen LogP contribution is 2.04. The van der Waals surface area contributed by atoms with Crippen LogP contribution in [0.4, 0.5) is 0 Å². The van der Waals surface area contributed by atoms with Gasteiger partial charge >= 0.3 is 1.43 Å². The lowest BCUT2D eigenvalue weighted by molar-refractivity contribution is 1.20. The molecule has 0 spiro atoms. The van der Waals surface area contributed by atoms with Crippen LogP contribution in [0.2, 0.25) is 0 Å². The number of aromatic nitrogens is 4. The fraction of sp³-hybridized carbons (Fsp3) is 0. The van der Waals surface area contributed by atoms with Crippen molar-refractivity contribution in [2.45, 2.75) is 0 Å². The molecule has 2 aromatic heterocycles. The number of H-pyrrole nitrogens is 2. The van der Waals surface area contributed by atoms with Gasteiger partial charge in [0, 0.05) is 24.8 Å². The van der Waals surface area contributed by atoms with E-state index in [0.717, 1.165) is 11.6 Å². The monoisotopic (exact) mass is 135 g/mol. The van der Waals surface area contributed by atoms with Crippen molar-refractivity contribution < 1.29 is 1.43 Å². The molecule has 0 aliphatic rings. The molecular weight excluding hydrogens is 128 g/mol. The van der Waals surface area contributed by atoms with Crippen molar-refractivity contribution in [3.05, 3.63) is 24.8 Å². The summed E-state index contributed by atoms with van der Waals surface area (Å²) >= 11 is 0. The topological polar surface area (TPSA) is 57.4 Å². The SMILES string of the molecule is [H+].c1c[nH]c(-c2ncc[nH]2)n1. The fourth-order valence-corrected chi connectivity index (χ4v) is 0.790. The van der Waals surface area contributed by atoms with E-state index in [1.165, 1.54) is 0 Å². The van der Waals surface area contributed by atoms with Gasteiger partial charge in [-0.05, 0) is 0 Å². The average molecular weight is 135 g/mol. The normalized spacial score (nSPS) is 10.0. The molecule has 0 aliphatic heterocycles. The summed E-state index contributed by atoms with van der Waals surface area (Å²) in [6, 6.07) is 0. The quantitative estimate of drug-likeness (QED) is 0.610. The van der Waals surface area contributed by atoms with Crippen LogP contribution in [-0.2, 0) is 0 Å². The van der Waals surface area contributed by atoms with E-state index >= 15 is 0 Å². The fourth-order valence-electron chi connectivity index (χ4n) is 0.790. The summed E-state index contributed by atoms with van der Waals surface area (Å²) in [7, 11) is 0. The maximum Gasteiger partial charge on any atom is 1.00 e. The first-order valence-electron chi connectivity index (χ1n) is 2.96. The highest BCUT2D eigenvalue weighted by Gasteiger charge is 1.98. The minimum Gasteiger partial charge on any atom is -0.342 e. The molecule has 2 rings (SSSR count). The molecule has 0 saturated carbocycles. The zero-order chi connectivity index (χ0) is 6.81. The minimum absolute atomic E-state index is 0. The van der Waals surface area contributed by atoms with Crippen molar-refractivity contribution in [2.75, 3.05) is 0 Å². The van der Waals surface area contributed by atoms with Gasteiger partial charge in [0.05, 0.1) is 0 Å². The van der Waals surface area contributed by atoms with Crippen LogP contribution >= 0.6 is 0 Å². The van der Waals surface area contributed by atoms with Crippen LogP contribution in [0.3, 0.4) is 0 Å². The van der Waals surface area contributed by atoms with Crippen molar-refractivity contribution in [3.63, 3.8) is 0 Å². The van der Waals surface area contributed by atoms with Gasteiger partial charge in [-0.25, -0.2) is 9.97 Å². The van der Waals surface area contributed by atoms with Gasteiger partial charge in [-0.3, -0.25) is 0 Å². The number of hydrogen-bond donors (Lipinski definition) is 2. The van der Waals surface area contributed by atoms with Crippen molar-refractivity contribution >= 4 is 0 Å². The third-order valence-electron chi connectivity index (χ3n) is 1.22. The smallest absolute Gasteiger partial charge is 0.342 e. The van der Waals surface area contributed by atoms with E-state index in [9.17, 15) is 0 Å². The van der Waals surface area contributed by atoms with Crippen LogP contribution in [0.25, 0.3) is 11.6 Å². The first-order valence-corrected chi connectivity index (χ1v) is 2.96. The summed E-state index contributed by atoms with van der Waals surface area (Å²) in [5.41, 5.74) is 0. The van der Waals surface area contributed by atoms with E-state index in [1.54, 1.807) is 24.8 Å². The van der Waals surface area contributed by atoms with Crippen LogP contribution in [0.1, 0.15) is 1.43 Å². The predicted molar refractivity (Wildman–Crippen MR) is 37.3 cm³/mol. The van der Waals surface area contributed by atoms with E-state index in [4.69, 9.17) is 0 Å². The van der Waals surface area contributed by atoms with Gasteiger partial charge in [0.1, 0.15) is 0 Å². The average Bonchev–Trinajstić information content (AvgIpc) is 2.59. The van der Waals surface area contributed by atoms with Gasteiger partial charge in [-0.1, -0.05) is 0 Å². The number of nitrogens with one attached hydrogen (secondary N) is 2. The van der Waals surface area contributed by atoms with E-state index < -0.39 is 0 Å². The van der Waals surface area contributed by atoms with Gasteiger partial charge in [0.15, 0.2) is 11.6 Å². The van der Waals surface area contributed by atoms with Gasteiger partial charge in [0.25, 0.3) is 0 Å². The molecule has 0 unspecified atom stereocenters. The second-order valence-electron chi connectivity index (χ2n) is 1.88. The Hall–Kier alpha value is -1.58. The molecule has 50 valence electrons. The van der Waals surface area contributed by atoms with E-state index in [1.807, 2.05) is 0 Å². The predicted octanol–water partition coefficient (Wildman–Crippen LogP) is 0.912. The number of imidazole rings is 2. The Bertz CT molecular complexity index is 254. The Balaban J connectivity index is 0.000000605. The van der Waals surface area contributed by atoms with Crippen molar-refractivity contribution in [2.24, 2.45) is 0 Å². The number of hydrogen-bond acceptors (Lipinski definition) is 2. The van der Waals surface area contributed by atoms with Crippen molar-refractivity contribution in [3.8, 4) is 11.6 Å². The third-order valence-corrected chi connectivity index (χ3v) is 1.22. The molecule has 10 heavy (non-hydrogen) atoms. The molecule has 0 atom stereocenters. The second kappa shape index (κ2) is 1.98. The Kier molecular flexibility index (Phi) is 1.04. The Morgan fingerprint density at radius 3 is 1.80 bits per heavy atom. The van der Waals surface area contributed by atoms with Crippen LogP contribution in [0.15, 0.2) is 24.8 Å². The highest BCUT2D eigenvalue weighted by atomic mass is 15.0. The van der Waals surface area contributed by atoms with Crippen LogP contribution in [-0.4, -0.2) is 19.9 Å². The molecule has 0 aliphatic carbocycles.